The molecule has 3 N–H and O–H groups in total. The Bertz CT molecular complexity index is 425. The Kier molecular flexibility index (Phi) is 4.43. The summed E-state index contributed by atoms with van der Waals surface area (Å²) in [6.45, 7) is -0.266. The quantitative estimate of drug-likeness (QED) is 0.732. The van der Waals surface area contributed by atoms with Crippen molar-refractivity contribution in [2.75, 3.05) is 11.9 Å². The lowest BCUT2D eigenvalue weighted by molar-refractivity contribution is -0.204. The van der Waals surface area contributed by atoms with Gasteiger partial charge in [0.05, 0.1) is 0 Å². The van der Waals surface area contributed by atoms with Crippen LogP contribution in [0.15, 0.2) is 12.5 Å². The number of aliphatic hydroxyl groups excluding tert-OH is 1. The van der Waals surface area contributed by atoms with E-state index in [1.54, 1.807) is 0 Å². The molecule has 0 bridgehead atoms. The van der Waals surface area contributed by atoms with E-state index in [0.717, 1.165) is 12.5 Å². The minimum Gasteiger partial charge on any atom is -0.477 e. The summed E-state index contributed by atoms with van der Waals surface area (Å²) in [5.41, 5.74) is -0.251. The normalized spacial score (nSPS) is 13.1. The molecule has 0 saturated carbocycles. The highest BCUT2D eigenvalue weighted by Gasteiger charge is 2.37. The van der Waals surface area contributed by atoms with Gasteiger partial charge in [-0.05, 0) is 6.42 Å². The first kappa shape index (κ1) is 14.2. The average molecular weight is 265 g/mol. The number of carboxylic acids is 1. The van der Waals surface area contributed by atoms with Crippen LogP contribution in [0.5, 0.6) is 0 Å². The summed E-state index contributed by atoms with van der Waals surface area (Å²) < 4.78 is 36.0. The smallest absolute Gasteiger partial charge is 0.414 e. The zero-order valence-electron chi connectivity index (χ0n) is 8.98. The van der Waals surface area contributed by atoms with E-state index < -0.39 is 24.7 Å². The molecule has 1 aromatic rings. The molecule has 0 fully saturated rings. The molecular formula is C9H10F3N3O3. The van der Waals surface area contributed by atoms with Crippen LogP contribution in [0.2, 0.25) is 0 Å². The molecule has 6 nitrogen and oxygen atoms in total. The highest BCUT2D eigenvalue weighted by Crippen LogP contribution is 2.22. The van der Waals surface area contributed by atoms with E-state index in [0.29, 0.717) is 0 Å². The first-order chi connectivity index (χ1) is 8.32. The van der Waals surface area contributed by atoms with Gasteiger partial charge in [0.15, 0.2) is 6.10 Å². The highest BCUT2D eigenvalue weighted by atomic mass is 19.4. The number of aromatic nitrogens is 2. The van der Waals surface area contributed by atoms with Crippen LogP contribution < -0.4 is 5.32 Å². The molecule has 18 heavy (non-hydrogen) atoms. The molecule has 9 heteroatoms. The number of hydrogen-bond donors (Lipinski definition) is 3. The van der Waals surface area contributed by atoms with Gasteiger partial charge in [0.25, 0.3) is 0 Å². The van der Waals surface area contributed by atoms with Gasteiger partial charge in [-0.25, -0.2) is 14.8 Å². The van der Waals surface area contributed by atoms with E-state index in [9.17, 15) is 18.0 Å². The fraction of sp³-hybridized carbons (Fsp3) is 0.444. The second kappa shape index (κ2) is 5.63. The highest BCUT2D eigenvalue weighted by molar-refractivity contribution is 5.92. The SMILES string of the molecule is O=C(O)c1cncnc1NCCC(O)C(F)(F)F. The van der Waals surface area contributed by atoms with Crippen molar-refractivity contribution in [1.29, 1.82) is 0 Å². The predicted molar refractivity (Wildman–Crippen MR) is 54.2 cm³/mol. The number of carboxylic acid groups (broad SMARTS) is 1. The van der Waals surface area contributed by atoms with E-state index in [1.807, 2.05) is 0 Å². The van der Waals surface area contributed by atoms with Gasteiger partial charge in [0.1, 0.15) is 17.7 Å². The van der Waals surface area contributed by atoms with Gasteiger partial charge >= 0.3 is 12.1 Å². The second-order valence-electron chi connectivity index (χ2n) is 3.36. The van der Waals surface area contributed by atoms with Gasteiger partial charge in [0, 0.05) is 12.7 Å². The molecule has 0 spiro atoms. The Morgan fingerprint density at radius 3 is 2.72 bits per heavy atom. The Labute approximate surface area is 99.5 Å². The van der Waals surface area contributed by atoms with Gasteiger partial charge in [-0.3, -0.25) is 0 Å². The van der Waals surface area contributed by atoms with Crippen molar-refractivity contribution in [2.45, 2.75) is 18.7 Å². The lowest BCUT2D eigenvalue weighted by Crippen LogP contribution is -2.30. The molecule has 100 valence electrons. The van der Waals surface area contributed by atoms with Crippen LogP contribution in [0.25, 0.3) is 0 Å². The van der Waals surface area contributed by atoms with Crippen molar-refractivity contribution in [3.8, 4) is 0 Å². The number of hydrogen-bond acceptors (Lipinski definition) is 5. The van der Waals surface area contributed by atoms with Crippen molar-refractivity contribution in [3.05, 3.63) is 18.1 Å². The van der Waals surface area contributed by atoms with Crippen molar-refractivity contribution < 1.29 is 28.2 Å². The van der Waals surface area contributed by atoms with E-state index in [4.69, 9.17) is 10.2 Å². The van der Waals surface area contributed by atoms with Crippen molar-refractivity contribution in [2.24, 2.45) is 0 Å². The Balaban J connectivity index is 2.57. The summed E-state index contributed by atoms with van der Waals surface area (Å²) in [7, 11) is 0. The lowest BCUT2D eigenvalue weighted by Gasteiger charge is -2.15. The molecule has 0 amide bonds. The van der Waals surface area contributed by atoms with Crippen molar-refractivity contribution in [3.63, 3.8) is 0 Å². The molecule has 0 aliphatic carbocycles. The maximum atomic E-state index is 12.0. The zero-order chi connectivity index (χ0) is 13.8. The van der Waals surface area contributed by atoms with Crippen LogP contribution in [0.3, 0.4) is 0 Å². The first-order valence-corrected chi connectivity index (χ1v) is 4.84. The largest absolute Gasteiger partial charge is 0.477 e. The average Bonchev–Trinajstić information content (AvgIpc) is 2.28. The molecule has 0 aliphatic rings. The number of nitrogens with one attached hydrogen (secondary N) is 1. The summed E-state index contributed by atoms with van der Waals surface area (Å²) in [4.78, 5) is 17.8. The number of halogens is 3. The summed E-state index contributed by atoms with van der Waals surface area (Å²) in [5, 5.41) is 19.9. The summed E-state index contributed by atoms with van der Waals surface area (Å²) in [6, 6.07) is 0. The molecule has 0 saturated heterocycles. The number of aliphatic hydroxyl groups is 1. The van der Waals surface area contributed by atoms with Crippen LogP contribution >= 0.6 is 0 Å². The molecule has 1 heterocycles. The Hall–Kier alpha value is -1.90. The molecule has 0 aliphatic heterocycles. The van der Waals surface area contributed by atoms with Crippen molar-refractivity contribution >= 4 is 11.8 Å². The van der Waals surface area contributed by atoms with Crippen LogP contribution in [0, 0.1) is 0 Å². The molecule has 0 aromatic carbocycles. The standard InChI is InChI=1S/C9H10F3N3O3/c10-9(11,12)6(16)1-2-14-7-5(8(17)18)3-13-4-15-7/h3-4,6,16H,1-2H2,(H,17,18)(H,13,14,15). The number of alkyl halides is 3. The molecule has 1 unspecified atom stereocenters. The molecule has 1 aromatic heterocycles. The number of carbonyl (C=O) groups is 1. The number of anilines is 1. The van der Waals surface area contributed by atoms with E-state index >= 15 is 0 Å². The van der Waals surface area contributed by atoms with Crippen LogP contribution in [-0.4, -0.2) is 45.0 Å². The van der Waals surface area contributed by atoms with Crippen LogP contribution in [-0.2, 0) is 0 Å². The van der Waals surface area contributed by atoms with Crippen LogP contribution in [0.1, 0.15) is 16.8 Å². The number of rotatable bonds is 5. The summed E-state index contributed by atoms with van der Waals surface area (Å²) in [6.07, 6.45) is -5.66. The third-order valence-electron chi connectivity index (χ3n) is 2.03. The van der Waals surface area contributed by atoms with Crippen molar-refractivity contribution in [1.82, 2.24) is 9.97 Å². The van der Waals surface area contributed by atoms with Gasteiger partial charge in [-0.1, -0.05) is 0 Å². The lowest BCUT2D eigenvalue weighted by atomic mass is 10.2. The third kappa shape index (κ3) is 3.84. The van der Waals surface area contributed by atoms with Gasteiger partial charge in [-0.15, -0.1) is 0 Å². The van der Waals surface area contributed by atoms with Gasteiger partial charge in [-0.2, -0.15) is 13.2 Å². The maximum Gasteiger partial charge on any atom is 0.414 e. The monoisotopic (exact) mass is 265 g/mol. The summed E-state index contributed by atoms with van der Waals surface area (Å²) >= 11 is 0. The Morgan fingerprint density at radius 1 is 1.50 bits per heavy atom. The minimum absolute atomic E-state index is 0.0909. The molecule has 0 radical (unpaired) electrons. The Morgan fingerprint density at radius 2 is 2.17 bits per heavy atom. The topological polar surface area (TPSA) is 95.3 Å². The molecule has 1 atom stereocenters. The summed E-state index contributed by atoms with van der Waals surface area (Å²) in [5.74, 6) is -1.39. The molecular weight excluding hydrogens is 255 g/mol. The third-order valence-corrected chi connectivity index (χ3v) is 2.03. The maximum absolute atomic E-state index is 12.0. The minimum atomic E-state index is -4.69. The zero-order valence-corrected chi connectivity index (χ0v) is 8.98. The fourth-order valence-electron chi connectivity index (χ4n) is 1.12. The van der Waals surface area contributed by atoms with Crippen LogP contribution in [0.4, 0.5) is 19.0 Å². The first-order valence-electron chi connectivity index (χ1n) is 4.84. The van der Waals surface area contributed by atoms with E-state index in [1.165, 1.54) is 0 Å². The second-order valence-corrected chi connectivity index (χ2v) is 3.36. The van der Waals surface area contributed by atoms with Gasteiger partial charge < -0.3 is 15.5 Å². The number of nitrogens with zero attached hydrogens (tertiary/aromatic N) is 2. The van der Waals surface area contributed by atoms with E-state index in [2.05, 4.69) is 15.3 Å². The fourth-order valence-corrected chi connectivity index (χ4v) is 1.12. The van der Waals surface area contributed by atoms with Gasteiger partial charge in [0.2, 0.25) is 0 Å². The number of aromatic carboxylic acids is 1. The predicted octanol–water partition coefficient (Wildman–Crippen LogP) is 0.900. The molecule has 1 rings (SSSR count). The van der Waals surface area contributed by atoms with E-state index in [-0.39, 0.29) is 17.9 Å².